The Labute approximate surface area is 134 Å². The van der Waals surface area contributed by atoms with Gasteiger partial charge in [0.25, 0.3) is 0 Å². The summed E-state index contributed by atoms with van der Waals surface area (Å²) in [4.78, 5) is 16.6. The van der Waals surface area contributed by atoms with Gasteiger partial charge in [-0.05, 0) is 29.8 Å². The lowest BCUT2D eigenvalue weighted by Gasteiger charge is -2.16. The number of fused-ring (bicyclic) bond motifs is 1. The van der Waals surface area contributed by atoms with E-state index in [1.54, 1.807) is 30.3 Å². The van der Waals surface area contributed by atoms with Gasteiger partial charge in [-0.2, -0.15) is 13.2 Å². The van der Waals surface area contributed by atoms with Crippen LogP contribution in [0.3, 0.4) is 0 Å². The normalized spacial score (nSPS) is 11.7. The first kappa shape index (κ1) is 16.0. The predicted molar refractivity (Wildman–Crippen MR) is 82.5 cm³/mol. The third kappa shape index (κ3) is 3.22. The molecule has 1 heterocycles. The van der Waals surface area contributed by atoms with Crippen molar-refractivity contribution in [1.82, 2.24) is 9.97 Å². The third-order valence-corrected chi connectivity index (χ3v) is 3.40. The molecule has 126 valence electrons. The molecule has 2 N–H and O–H groups in total. The maximum atomic E-state index is 12.5. The molecule has 0 spiro atoms. The van der Waals surface area contributed by atoms with Crippen LogP contribution in [0.15, 0.2) is 41.2 Å². The van der Waals surface area contributed by atoms with Crippen LogP contribution in [-0.2, 0) is 0 Å². The van der Waals surface area contributed by atoms with Gasteiger partial charge >= 0.3 is 11.9 Å². The van der Waals surface area contributed by atoms with Crippen LogP contribution in [0, 0.1) is 0 Å². The standard InChI is InChI=1S/C16H13F3N2O3/c1-23-12-3-2-4-13(24-8-16(17,18)19)14(12)9-5-6-10-11(7-9)21-15(22)20-10/h2-7H,8H2,1H3,(H2,20,21,22). The minimum absolute atomic E-state index is 0.0453. The molecule has 0 radical (unpaired) electrons. The van der Waals surface area contributed by atoms with Crippen molar-refractivity contribution in [3.8, 4) is 22.6 Å². The fourth-order valence-electron chi connectivity index (χ4n) is 2.43. The molecule has 8 heteroatoms. The summed E-state index contributed by atoms with van der Waals surface area (Å²) in [5.41, 5.74) is 1.71. The van der Waals surface area contributed by atoms with Gasteiger partial charge in [0.15, 0.2) is 6.61 Å². The minimum Gasteiger partial charge on any atom is -0.496 e. The summed E-state index contributed by atoms with van der Waals surface area (Å²) in [6.07, 6.45) is -4.45. The van der Waals surface area contributed by atoms with Crippen molar-refractivity contribution in [1.29, 1.82) is 0 Å². The van der Waals surface area contributed by atoms with Gasteiger partial charge in [0.1, 0.15) is 11.5 Å². The quantitative estimate of drug-likeness (QED) is 0.765. The van der Waals surface area contributed by atoms with Crippen molar-refractivity contribution in [2.45, 2.75) is 6.18 Å². The van der Waals surface area contributed by atoms with E-state index in [4.69, 9.17) is 9.47 Å². The smallest absolute Gasteiger partial charge is 0.422 e. The van der Waals surface area contributed by atoms with E-state index in [9.17, 15) is 18.0 Å². The molecule has 0 saturated heterocycles. The molecule has 0 amide bonds. The summed E-state index contributed by atoms with van der Waals surface area (Å²) < 4.78 is 47.6. The van der Waals surface area contributed by atoms with Crippen LogP contribution in [0.5, 0.6) is 11.5 Å². The molecular weight excluding hydrogens is 325 g/mol. The average Bonchev–Trinajstić information content (AvgIpc) is 2.90. The summed E-state index contributed by atoms with van der Waals surface area (Å²) in [5.74, 6) is 0.413. The molecule has 3 rings (SSSR count). The zero-order valence-corrected chi connectivity index (χ0v) is 12.5. The van der Waals surface area contributed by atoms with E-state index in [1.165, 1.54) is 13.2 Å². The summed E-state index contributed by atoms with van der Waals surface area (Å²) in [7, 11) is 1.42. The summed E-state index contributed by atoms with van der Waals surface area (Å²) in [6, 6.07) is 9.58. The summed E-state index contributed by atoms with van der Waals surface area (Å²) in [5, 5.41) is 0. The second kappa shape index (κ2) is 5.95. The summed E-state index contributed by atoms with van der Waals surface area (Å²) in [6.45, 7) is -1.41. The molecule has 5 nitrogen and oxygen atoms in total. The zero-order chi connectivity index (χ0) is 17.3. The highest BCUT2D eigenvalue weighted by molar-refractivity contribution is 5.85. The SMILES string of the molecule is COc1cccc(OCC(F)(F)F)c1-c1ccc2[nH]c(=O)[nH]c2c1. The largest absolute Gasteiger partial charge is 0.496 e. The lowest BCUT2D eigenvalue weighted by Crippen LogP contribution is -2.19. The Morgan fingerprint density at radius 3 is 2.46 bits per heavy atom. The van der Waals surface area contributed by atoms with E-state index in [0.717, 1.165) is 0 Å². The van der Waals surface area contributed by atoms with Gasteiger partial charge in [0.05, 0.1) is 23.7 Å². The number of H-pyrrole nitrogens is 2. The molecule has 0 aliphatic rings. The van der Waals surface area contributed by atoms with Crippen molar-refractivity contribution in [3.05, 3.63) is 46.9 Å². The number of methoxy groups -OCH3 is 1. The molecule has 3 aromatic rings. The number of aromatic amines is 2. The number of aromatic nitrogens is 2. The number of halogens is 3. The second-order valence-corrected chi connectivity index (χ2v) is 5.08. The number of imidazole rings is 1. The summed E-state index contributed by atoms with van der Waals surface area (Å²) >= 11 is 0. The fourth-order valence-corrected chi connectivity index (χ4v) is 2.43. The van der Waals surface area contributed by atoms with Crippen molar-refractivity contribution in [3.63, 3.8) is 0 Å². The predicted octanol–water partition coefficient (Wildman–Crippen LogP) is 3.47. The Balaban J connectivity index is 2.10. The molecule has 0 unspecified atom stereocenters. The number of rotatable bonds is 4. The van der Waals surface area contributed by atoms with Gasteiger partial charge in [-0.25, -0.2) is 4.79 Å². The van der Waals surface area contributed by atoms with Crippen LogP contribution >= 0.6 is 0 Å². The highest BCUT2D eigenvalue weighted by Gasteiger charge is 2.29. The van der Waals surface area contributed by atoms with Gasteiger partial charge in [-0.1, -0.05) is 12.1 Å². The van der Waals surface area contributed by atoms with Gasteiger partial charge in [-0.3, -0.25) is 0 Å². The maximum absolute atomic E-state index is 12.5. The first-order valence-electron chi connectivity index (χ1n) is 6.96. The fraction of sp³-hybridized carbons (Fsp3) is 0.188. The Morgan fingerprint density at radius 2 is 1.75 bits per heavy atom. The molecule has 0 fully saturated rings. The number of ether oxygens (including phenoxy) is 2. The molecule has 1 aromatic heterocycles. The Bertz CT molecular complexity index is 928. The topological polar surface area (TPSA) is 67.1 Å². The van der Waals surface area contributed by atoms with Crippen molar-refractivity contribution in [2.24, 2.45) is 0 Å². The number of hydrogen-bond donors (Lipinski definition) is 2. The average molecular weight is 338 g/mol. The highest BCUT2D eigenvalue weighted by Crippen LogP contribution is 2.39. The van der Waals surface area contributed by atoms with E-state index < -0.39 is 12.8 Å². The van der Waals surface area contributed by atoms with Crippen molar-refractivity contribution in [2.75, 3.05) is 13.7 Å². The van der Waals surface area contributed by atoms with E-state index in [-0.39, 0.29) is 11.4 Å². The highest BCUT2D eigenvalue weighted by atomic mass is 19.4. The van der Waals surface area contributed by atoms with E-state index in [0.29, 0.717) is 27.9 Å². The first-order valence-corrected chi connectivity index (χ1v) is 6.96. The van der Waals surface area contributed by atoms with Crippen molar-refractivity contribution >= 4 is 11.0 Å². The molecule has 0 aliphatic carbocycles. The van der Waals surface area contributed by atoms with Crippen LogP contribution in [0.2, 0.25) is 0 Å². The molecule has 0 saturated carbocycles. The van der Waals surface area contributed by atoms with Crippen LogP contribution in [0.1, 0.15) is 0 Å². The maximum Gasteiger partial charge on any atom is 0.422 e. The van der Waals surface area contributed by atoms with Crippen LogP contribution < -0.4 is 15.2 Å². The Kier molecular flexibility index (Phi) is 3.96. The van der Waals surface area contributed by atoms with Crippen LogP contribution in [0.25, 0.3) is 22.2 Å². The Hall–Kier alpha value is -2.90. The van der Waals surface area contributed by atoms with Gasteiger partial charge in [0.2, 0.25) is 0 Å². The molecule has 2 aromatic carbocycles. The van der Waals surface area contributed by atoms with E-state index in [1.807, 2.05) is 0 Å². The number of hydrogen-bond acceptors (Lipinski definition) is 3. The van der Waals surface area contributed by atoms with Gasteiger partial charge < -0.3 is 19.4 Å². The number of benzene rings is 2. The monoisotopic (exact) mass is 338 g/mol. The minimum atomic E-state index is -4.45. The van der Waals surface area contributed by atoms with Crippen molar-refractivity contribution < 1.29 is 22.6 Å². The Morgan fingerprint density at radius 1 is 1.04 bits per heavy atom. The third-order valence-electron chi connectivity index (χ3n) is 3.40. The van der Waals surface area contributed by atoms with Gasteiger partial charge in [0, 0.05) is 0 Å². The number of alkyl halides is 3. The van der Waals surface area contributed by atoms with Gasteiger partial charge in [-0.15, -0.1) is 0 Å². The molecule has 0 aliphatic heterocycles. The lowest BCUT2D eigenvalue weighted by molar-refractivity contribution is -0.153. The lowest BCUT2D eigenvalue weighted by atomic mass is 10.0. The second-order valence-electron chi connectivity index (χ2n) is 5.08. The molecule has 24 heavy (non-hydrogen) atoms. The molecule has 0 atom stereocenters. The zero-order valence-electron chi connectivity index (χ0n) is 12.5. The van der Waals surface area contributed by atoms with Crippen LogP contribution in [0.4, 0.5) is 13.2 Å². The van der Waals surface area contributed by atoms with E-state index in [2.05, 4.69) is 9.97 Å². The van der Waals surface area contributed by atoms with Crippen LogP contribution in [-0.4, -0.2) is 29.9 Å². The van der Waals surface area contributed by atoms with E-state index >= 15 is 0 Å². The molecular formula is C16H13F3N2O3. The first-order chi connectivity index (χ1) is 11.4. The molecule has 0 bridgehead atoms. The number of nitrogens with one attached hydrogen (secondary N) is 2.